The molecule has 0 atom stereocenters. The molecule has 1 amide bonds. The molecule has 0 aliphatic carbocycles. The Hall–Kier alpha value is -3.28. The van der Waals surface area contributed by atoms with Gasteiger partial charge in [0.1, 0.15) is 5.82 Å². The summed E-state index contributed by atoms with van der Waals surface area (Å²) in [6.07, 6.45) is 3.13. The van der Waals surface area contributed by atoms with Gasteiger partial charge in [-0.1, -0.05) is 6.07 Å². The van der Waals surface area contributed by atoms with E-state index in [1.165, 1.54) is 52.1 Å². The molecule has 0 saturated carbocycles. The summed E-state index contributed by atoms with van der Waals surface area (Å²) >= 11 is 0. The second-order valence-corrected chi connectivity index (χ2v) is 5.58. The Kier molecular flexibility index (Phi) is 4.70. The predicted octanol–water partition coefficient (Wildman–Crippen LogP) is 2.64. The van der Waals surface area contributed by atoms with Crippen LogP contribution in [0, 0.1) is 5.82 Å². The van der Waals surface area contributed by atoms with Crippen LogP contribution in [0.4, 0.5) is 4.39 Å². The van der Waals surface area contributed by atoms with Gasteiger partial charge >= 0.3 is 0 Å². The molecule has 2 aromatic heterocycles. The van der Waals surface area contributed by atoms with Crippen molar-refractivity contribution in [3.63, 3.8) is 0 Å². The molecule has 3 rings (SSSR count). The van der Waals surface area contributed by atoms with Crippen LogP contribution in [0.1, 0.15) is 16.1 Å². The number of hydrogen-bond acceptors (Lipinski definition) is 3. The van der Waals surface area contributed by atoms with Gasteiger partial charge in [0.25, 0.3) is 11.5 Å². The quantitative estimate of drug-likeness (QED) is 0.735. The minimum absolute atomic E-state index is 0.235. The van der Waals surface area contributed by atoms with Gasteiger partial charge in [0.15, 0.2) is 0 Å². The van der Waals surface area contributed by atoms with Crippen molar-refractivity contribution in [3.8, 4) is 5.69 Å². The number of rotatable bonds is 4. The number of hydrogen-bond donors (Lipinski definition) is 0. The van der Waals surface area contributed by atoms with Gasteiger partial charge in [-0.15, -0.1) is 0 Å². The van der Waals surface area contributed by atoms with Crippen LogP contribution in [0.2, 0.25) is 0 Å². The lowest BCUT2D eigenvalue weighted by Gasteiger charge is -2.17. The van der Waals surface area contributed by atoms with E-state index in [9.17, 15) is 14.0 Å². The van der Waals surface area contributed by atoms with Crippen LogP contribution in [-0.4, -0.2) is 27.4 Å². The Morgan fingerprint density at radius 3 is 2.56 bits per heavy atom. The normalized spacial score (nSPS) is 10.5. The van der Waals surface area contributed by atoms with Crippen LogP contribution < -0.4 is 5.56 Å². The van der Waals surface area contributed by atoms with E-state index in [1.54, 1.807) is 13.2 Å². The molecule has 3 aromatic rings. The van der Waals surface area contributed by atoms with E-state index in [-0.39, 0.29) is 17.3 Å². The van der Waals surface area contributed by atoms with Crippen molar-refractivity contribution in [2.45, 2.75) is 6.54 Å². The van der Waals surface area contributed by atoms with Gasteiger partial charge in [0.05, 0.1) is 17.8 Å². The van der Waals surface area contributed by atoms with E-state index in [0.717, 1.165) is 5.69 Å². The van der Waals surface area contributed by atoms with E-state index >= 15 is 0 Å². The van der Waals surface area contributed by atoms with Gasteiger partial charge in [-0.05, 0) is 42.5 Å². The third-order valence-electron chi connectivity index (χ3n) is 3.73. The minimum atomic E-state index is -0.390. The molecule has 0 fully saturated rings. The number of benzene rings is 1. The summed E-state index contributed by atoms with van der Waals surface area (Å²) in [4.78, 5) is 30.4. The molecule has 0 spiro atoms. The van der Waals surface area contributed by atoms with E-state index in [4.69, 9.17) is 0 Å². The molecule has 2 heterocycles. The molecule has 6 heteroatoms. The second-order valence-electron chi connectivity index (χ2n) is 5.58. The standard InChI is InChI=1S/C19H16FN3O2/c1-22(13-16-4-2-3-11-21-16)19(25)14-5-10-18(24)23(12-14)17-8-6-15(20)7-9-17/h2-12H,13H2,1H3. The molecule has 0 radical (unpaired) electrons. The molecule has 0 bridgehead atoms. The van der Waals surface area contributed by atoms with Crippen LogP contribution in [-0.2, 0) is 6.54 Å². The minimum Gasteiger partial charge on any atom is -0.336 e. The molecule has 0 N–H and O–H groups in total. The highest BCUT2D eigenvalue weighted by molar-refractivity contribution is 5.93. The van der Waals surface area contributed by atoms with Crippen molar-refractivity contribution in [3.05, 3.63) is 94.4 Å². The first-order valence-electron chi connectivity index (χ1n) is 7.68. The summed E-state index contributed by atoms with van der Waals surface area (Å²) in [6.45, 7) is 0.356. The maximum atomic E-state index is 13.1. The Labute approximate surface area is 144 Å². The number of pyridine rings is 2. The maximum Gasteiger partial charge on any atom is 0.255 e. The molecule has 5 nitrogen and oxygen atoms in total. The Morgan fingerprint density at radius 2 is 1.88 bits per heavy atom. The third kappa shape index (κ3) is 3.80. The maximum absolute atomic E-state index is 13.1. The highest BCUT2D eigenvalue weighted by atomic mass is 19.1. The zero-order chi connectivity index (χ0) is 17.8. The summed E-state index contributed by atoms with van der Waals surface area (Å²) in [6, 6.07) is 13.8. The van der Waals surface area contributed by atoms with Crippen molar-refractivity contribution in [1.82, 2.24) is 14.5 Å². The van der Waals surface area contributed by atoms with Crippen LogP contribution in [0.5, 0.6) is 0 Å². The molecule has 25 heavy (non-hydrogen) atoms. The average Bonchev–Trinajstić information content (AvgIpc) is 2.63. The lowest BCUT2D eigenvalue weighted by Crippen LogP contribution is -2.28. The summed E-state index contributed by atoms with van der Waals surface area (Å²) in [5.74, 6) is -0.624. The van der Waals surface area contributed by atoms with Gasteiger partial charge in [0, 0.05) is 31.2 Å². The zero-order valence-electron chi connectivity index (χ0n) is 13.6. The molecule has 0 aliphatic rings. The van der Waals surface area contributed by atoms with E-state index in [2.05, 4.69) is 4.98 Å². The average molecular weight is 337 g/mol. The van der Waals surface area contributed by atoms with Crippen LogP contribution in [0.25, 0.3) is 5.69 Å². The van der Waals surface area contributed by atoms with Gasteiger partial charge < -0.3 is 4.90 Å². The first-order valence-corrected chi connectivity index (χ1v) is 7.68. The van der Waals surface area contributed by atoms with Gasteiger partial charge in [-0.3, -0.25) is 19.1 Å². The second kappa shape index (κ2) is 7.09. The van der Waals surface area contributed by atoms with E-state index in [0.29, 0.717) is 17.8 Å². The van der Waals surface area contributed by atoms with Gasteiger partial charge in [0.2, 0.25) is 0 Å². The van der Waals surface area contributed by atoms with E-state index in [1.807, 2.05) is 18.2 Å². The SMILES string of the molecule is CN(Cc1ccccn1)C(=O)c1ccc(=O)n(-c2ccc(F)cc2)c1. The number of aromatic nitrogens is 2. The number of carbonyl (C=O) groups is 1. The lowest BCUT2D eigenvalue weighted by molar-refractivity contribution is 0.0782. The van der Waals surface area contributed by atoms with Gasteiger partial charge in [-0.2, -0.15) is 0 Å². The first kappa shape index (κ1) is 16.6. The van der Waals surface area contributed by atoms with Crippen LogP contribution in [0.15, 0.2) is 71.8 Å². The molecule has 0 unspecified atom stereocenters. The molecule has 126 valence electrons. The smallest absolute Gasteiger partial charge is 0.255 e. The Bertz CT molecular complexity index is 937. The fourth-order valence-electron chi connectivity index (χ4n) is 2.44. The predicted molar refractivity (Wildman–Crippen MR) is 92.0 cm³/mol. The molecule has 0 saturated heterocycles. The van der Waals surface area contributed by atoms with E-state index < -0.39 is 0 Å². The number of nitrogens with zero attached hydrogens (tertiary/aromatic N) is 3. The lowest BCUT2D eigenvalue weighted by atomic mass is 10.2. The summed E-state index contributed by atoms with van der Waals surface area (Å²) in [5, 5.41) is 0. The fraction of sp³-hybridized carbons (Fsp3) is 0.105. The highest BCUT2D eigenvalue weighted by Crippen LogP contribution is 2.10. The topological polar surface area (TPSA) is 55.2 Å². The molecular formula is C19H16FN3O2. The number of carbonyl (C=O) groups excluding carboxylic acids is 1. The van der Waals surface area contributed by atoms with Crippen LogP contribution in [0.3, 0.4) is 0 Å². The van der Waals surface area contributed by atoms with Crippen LogP contribution >= 0.6 is 0 Å². The van der Waals surface area contributed by atoms with Gasteiger partial charge in [-0.25, -0.2) is 4.39 Å². The highest BCUT2D eigenvalue weighted by Gasteiger charge is 2.14. The van der Waals surface area contributed by atoms with Crippen molar-refractivity contribution in [2.75, 3.05) is 7.05 Å². The third-order valence-corrected chi connectivity index (χ3v) is 3.73. The summed E-state index contributed by atoms with van der Waals surface area (Å²) in [7, 11) is 1.67. The van der Waals surface area contributed by atoms with Crippen molar-refractivity contribution in [2.24, 2.45) is 0 Å². The molecular weight excluding hydrogens is 321 g/mol. The Morgan fingerprint density at radius 1 is 1.12 bits per heavy atom. The number of amides is 1. The summed E-state index contributed by atoms with van der Waals surface area (Å²) in [5.41, 5.74) is 1.33. The summed E-state index contributed by atoms with van der Waals surface area (Å²) < 4.78 is 14.4. The molecule has 1 aromatic carbocycles. The van der Waals surface area contributed by atoms with Crippen molar-refractivity contribution in [1.29, 1.82) is 0 Å². The first-order chi connectivity index (χ1) is 12.0. The fourth-order valence-corrected chi connectivity index (χ4v) is 2.44. The Balaban J connectivity index is 1.87. The zero-order valence-corrected chi connectivity index (χ0v) is 13.6. The monoisotopic (exact) mass is 337 g/mol. The number of halogens is 1. The van der Waals surface area contributed by atoms with Crippen molar-refractivity contribution < 1.29 is 9.18 Å². The molecule has 0 aliphatic heterocycles. The largest absolute Gasteiger partial charge is 0.336 e. The van der Waals surface area contributed by atoms with Crippen molar-refractivity contribution >= 4 is 5.91 Å².